The van der Waals surface area contributed by atoms with E-state index in [2.05, 4.69) is 14.7 Å². The lowest BCUT2D eigenvalue weighted by molar-refractivity contribution is -0.141. The van der Waals surface area contributed by atoms with Gasteiger partial charge >= 0.3 is 11.9 Å². The standard InChI is InChI=1S/C13H8F3N3O4S/c14-13(15,16)11-4-1-7(6-17-11)19-24(21,22)8-2-3-10-9(5-8)18-12(20)23-10/h1-6,19H,(H,18,20). The summed E-state index contributed by atoms with van der Waals surface area (Å²) in [5, 5.41) is 0. The maximum absolute atomic E-state index is 12.4. The number of rotatable bonds is 3. The quantitative estimate of drug-likeness (QED) is 0.747. The number of aromatic nitrogens is 2. The molecule has 0 bridgehead atoms. The van der Waals surface area contributed by atoms with E-state index in [1.165, 1.54) is 18.2 Å². The Labute approximate surface area is 132 Å². The Bertz CT molecular complexity index is 1050. The second-order valence-corrected chi connectivity index (χ2v) is 6.39. The van der Waals surface area contributed by atoms with Crippen molar-refractivity contribution in [2.24, 2.45) is 0 Å². The lowest BCUT2D eigenvalue weighted by atomic mass is 10.3. The maximum atomic E-state index is 12.4. The number of benzene rings is 1. The van der Waals surface area contributed by atoms with Crippen LogP contribution in [0.4, 0.5) is 18.9 Å². The van der Waals surface area contributed by atoms with Gasteiger partial charge in [-0.2, -0.15) is 13.2 Å². The van der Waals surface area contributed by atoms with E-state index in [4.69, 9.17) is 4.42 Å². The molecule has 0 atom stereocenters. The molecule has 3 aromatic rings. The molecule has 7 nitrogen and oxygen atoms in total. The Balaban J connectivity index is 1.90. The molecule has 0 amide bonds. The van der Waals surface area contributed by atoms with Gasteiger partial charge in [0.25, 0.3) is 10.0 Å². The topological polar surface area (TPSA) is 105 Å². The Kier molecular flexibility index (Phi) is 3.59. The van der Waals surface area contributed by atoms with E-state index in [1.54, 1.807) is 0 Å². The predicted octanol–water partition coefficient (Wildman–Crippen LogP) is 2.34. The van der Waals surface area contributed by atoms with Gasteiger partial charge in [0.1, 0.15) is 5.69 Å². The van der Waals surface area contributed by atoms with Gasteiger partial charge in [-0.25, -0.2) is 18.2 Å². The van der Waals surface area contributed by atoms with Crippen molar-refractivity contribution in [1.29, 1.82) is 0 Å². The molecule has 0 unspecified atom stereocenters. The number of hydrogen-bond donors (Lipinski definition) is 2. The lowest BCUT2D eigenvalue weighted by Gasteiger charge is -2.09. The average Bonchev–Trinajstić information content (AvgIpc) is 2.85. The Hall–Kier alpha value is -2.82. The summed E-state index contributed by atoms with van der Waals surface area (Å²) in [4.78, 5) is 16.3. The lowest BCUT2D eigenvalue weighted by Crippen LogP contribution is -2.14. The van der Waals surface area contributed by atoms with Gasteiger partial charge in [-0.1, -0.05) is 0 Å². The fourth-order valence-electron chi connectivity index (χ4n) is 1.93. The molecule has 0 aliphatic rings. The first-order valence-corrected chi connectivity index (χ1v) is 7.82. The number of oxazole rings is 1. The number of H-pyrrole nitrogens is 1. The van der Waals surface area contributed by atoms with Crippen LogP contribution in [0, 0.1) is 0 Å². The molecule has 0 saturated carbocycles. The number of hydrogen-bond acceptors (Lipinski definition) is 5. The molecule has 2 aromatic heterocycles. The average molecular weight is 359 g/mol. The minimum absolute atomic E-state index is 0.135. The van der Waals surface area contributed by atoms with Crippen molar-refractivity contribution in [3.05, 3.63) is 52.8 Å². The monoisotopic (exact) mass is 359 g/mol. The smallest absolute Gasteiger partial charge is 0.408 e. The first kappa shape index (κ1) is 16.1. The van der Waals surface area contributed by atoms with E-state index in [1.807, 2.05) is 0 Å². The van der Waals surface area contributed by atoms with Gasteiger partial charge in [0, 0.05) is 0 Å². The van der Waals surface area contributed by atoms with Gasteiger partial charge < -0.3 is 4.42 Å². The molecule has 2 heterocycles. The van der Waals surface area contributed by atoms with Crippen molar-refractivity contribution in [2.75, 3.05) is 4.72 Å². The summed E-state index contributed by atoms with van der Waals surface area (Å²) in [6, 6.07) is 5.26. The van der Waals surface area contributed by atoms with Crippen LogP contribution in [0.5, 0.6) is 0 Å². The molecular weight excluding hydrogens is 351 g/mol. The predicted molar refractivity (Wildman–Crippen MR) is 76.9 cm³/mol. The second kappa shape index (κ2) is 5.37. The summed E-state index contributed by atoms with van der Waals surface area (Å²) >= 11 is 0. The molecular formula is C13H8F3N3O4S. The molecule has 0 saturated heterocycles. The third-order valence-corrected chi connectivity index (χ3v) is 4.39. The van der Waals surface area contributed by atoms with Crippen LogP contribution in [0.25, 0.3) is 11.1 Å². The van der Waals surface area contributed by atoms with Crippen LogP contribution in [-0.2, 0) is 16.2 Å². The number of pyridine rings is 1. The first-order valence-electron chi connectivity index (χ1n) is 6.34. The zero-order chi connectivity index (χ0) is 17.5. The largest absolute Gasteiger partial charge is 0.433 e. The highest BCUT2D eigenvalue weighted by atomic mass is 32.2. The fourth-order valence-corrected chi connectivity index (χ4v) is 3.00. The van der Waals surface area contributed by atoms with Crippen molar-refractivity contribution in [3.8, 4) is 0 Å². The molecule has 11 heteroatoms. The number of anilines is 1. The highest BCUT2D eigenvalue weighted by Gasteiger charge is 2.32. The summed E-state index contributed by atoms with van der Waals surface area (Å²) < 4.78 is 68.7. The molecule has 126 valence electrons. The van der Waals surface area contributed by atoms with Crippen LogP contribution in [0.1, 0.15) is 5.69 Å². The van der Waals surface area contributed by atoms with Crippen LogP contribution in [0.15, 0.2) is 50.6 Å². The number of alkyl halides is 3. The van der Waals surface area contributed by atoms with E-state index in [9.17, 15) is 26.4 Å². The number of aromatic amines is 1. The van der Waals surface area contributed by atoms with Crippen LogP contribution in [-0.4, -0.2) is 18.4 Å². The highest BCUT2D eigenvalue weighted by molar-refractivity contribution is 7.92. The number of nitrogens with one attached hydrogen (secondary N) is 2. The number of sulfonamides is 1. The molecule has 0 fully saturated rings. The van der Waals surface area contributed by atoms with E-state index in [-0.39, 0.29) is 21.7 Å². The van der Waals surface area contributed by atoms with Crippen molar-refractivity contribution < 1.29 is 26.0 Å². The van der Waals surface area contributed by atoms with Crippen molar-refractivity contribution in [1.82, 2.24) is 9.97 Å². The SMILES string of the molecule is O=c1[nH]c2cc(S(=O)(=O)Nc3ccc(C(F)(F)F)nc3)ccc2o1. The maximum Gasteiger partial charge on any atom is 0.433 e. The fraction of sp³-hybridized carbons (Fsp3) is 0.0769. The summed E-state index contributed by atoms with van der Waals surface area (Å²) in [6.45, 7) is 0. The molecule has 24 heavy (non-hydrogen) atoms. The molecule has 0 radical (unpaired) electrons. The van der Waals surface area contributed by atoms with E-state index in [0.717, 1.165) is 12.3 Å². The second-order valence-electron chi connectivity index (χ2n) is 4.71. The van der Waals surface area contributed by atoms with Crippen LogP contribution < -0.4 is 10.5 Å². The molecule has 1 aromatic carbocycles. The molecule has 0 spiro atoms. The summed E-state index contributed by atoms with van der Waals surface area (Å²) in [7, 11) is -4.08. The Morgan fingerprint density at radius 3 is 2.54 bits per heavy atom. The van der Waals surface area contributed by atoms with Gasteiger partial charge in [-0.3, -0.25) is 9.71 Å². The van der Waals surface area contributed by atoms with E-state index >= 15 is 0 Å². The van der Waals surface area contributed by atoms with Crippen LogP contribution in [0.3, 0.4) is 0 Å². The summed E-state index contributed by atoms with van der Waals surface area (Å²) in [6.07, 6.45) is -3.85. The normalized spacial score (nSPS) is 12.5. The van der Waals surface area contributed by atoms with Crippen molar-refractivity contribution in [2.45, 2.75) is 11.1 Å². The van der Waals surface area contributed by atoms with E-state index < -0.39 is 27.6 Å². The van der Waals surface area contributed by atoms with Crippen molar-refractivity contribution >= 4 is 26.8 Å². The molecule has 0 aliphatic heterocycles. The van der Waals surface area contributed by atoms with Gasteiger partial charge in [-0.05, 0) is 30.3 Å². The van der Waals surface area contributed by atoms with Crippen molar-refractivity contribution in [3.63, 3.8) is 0 Å². The number of halogens is 3. The minimum atomic E-state index is -4.62. The first-order chi connectivity index (χ1) is 11.1. The molecule has 2 N–H and O–H groups in total. The molecule has 0 aliphatic carbocycles. The highest BCUT2D eigenvalue weighted by Crippen LogP contribution is 2.28. The Morgan fingerprint density at radius 1 is 1.17 bits per heavy atom. The van der Waals surface area contributed by atoms with Crippen LogP contribution in [0.2, 0.25) is 0 Å². The van der Waals surface area contributed by atoms with Gasteiger partial charge in [0.2, 0.25) is 0 Å². The summed E-state index contributed by atoms with van der Waals surface area (Å²) in [5.74, 6) is -0.737. The molecule has 3 rings (SSSR count). The minimum Gasteiger partial charge on any atom is -0.408 e. The summed E-state index contributed by atoms with van der Waals surface area (Å²) in [5.41, 5.74) is -0.921. The number of fused-ring (bicyclic) bond motifs is 1. The van der Waals surface area contributed by atoms with E-state index in [0.29, 0.717) is 6.07 Å². The van der Waals surface area contributed by atoms with Gasteiger partial charge in [0.05, 0.1) is 22.3 Å². The number of nitrogens with zero attached hydrogens (tertiary/aromatic N) is 1. The third kappa shape index (κ3) is 3.11. The van der Waals surface area contributed by atoms with Gasteiger partial charge in [-0.15, -0.1) is 0 Å². The Morgan fingerprint density at radius 2 is 1.92 bits per heavy atom. The zero-order valence-electron chi connectivity index (χ0n) is 11.6. The third-order valence-electron chi connectivity index (χ3n) is 3.01. The zero-order valence-corrected chi connectivity index (χ0v) is 12.4. The van der Waals surface area contributed by atoms with Crippen LogP contribution >= 0.6 is 0 Å². The van der Waals surface area contributed by atoms with Gasteiger partial charge in [0.15, 0.2) is 5.58 Å².